The third-order valence-electron chi connectivity index (χ3n) is 5.97. The van der Waals surface area contributed by atoms with Gasteiger partial charge in [0.25, 0.3) is 0 Å². The van der Waals surface area contributed by atoms with Gasteiger partial charge in [0.15, 0.2) is 0 Å². The van der Waals surface area contributed by atoms with Gasteiger partial charge in [-0.05, 0) is 40.0 Å². The van der Waals surface area contributed by atoms with E-state index in [0.717, 1.165) is 11.1 Å². The topological polar surface area (TPSA) is 4.93 Å². The molecule has 154 valence electrons. The highest BCUT2D eigenvalue weighted by molar-refractivity contribution is 6.06. The molecule has 0 amide bonds. The third kappa shape index (κ3) is 3.59. The van der Waals surface area contributed by atoms with Crippen molar-refractivity contribution in [2.24, 2.45) is 7.05 Å². The van der Waals surface area contributed by atoms with Gasteiger partial charge in [-0.15, -0.1) is 0 Å². The van der Waals surface area contributed by atoms with E-state index in [-0.39, 0.29) is 0 Å². The summed E-state index contributed by atoms with van der Waals surface area (Å²) in [5.41, 5.74) is 9.34. The Morgan fingerprint density at radius 1 is 0.656 bits per heavy atom. The van der Waals surface area contributed by atoms with Gasteiger partial charge in [-0.3, -0.25) is 0 Å². The van der Waals surface area contributed by atoms with Crippen molar-refractivity contribution in [2.75, 3.05) is 0 Å². The molecule has 0 aliphatic rings. The summed E-state index contributed by atoms with van der Waals surface area (Å²) in [4.78, 5) is 0. The van der Waals surface area contributed by atoms with Gasteiger partial charge in [0, 0.05) is 23.5 Å². The number of nitrogens with zero attached hydrogens (tertiary/aromatic N) is 1. The summed E-state index contributed by atoms with van der Waals surface area (Å²) in [6, 6.07) is 40.3. The molecule has 0 aliphatic carbocycles. The van der Waals surface area contributed by atoms with Gasteiger partial charge in [0.05, 0.1) is 5.69 Å². The molecule has 0 fully saturated rings. The Bertz CT molecular complexity index is 1410. The minimum Gasteiger partial charge on any atom is -0.343 e. The Balaban J connectivity index is 1.84. The quantitative estimate of drug-likeness (QED) is 0.258. The second kappa shape index (κ2) is 8.56. The van der Waals surface area contributed by atoms with Crippen molar-refractivity contribution < 1.29 is 0 Å². The minimum absolute atomic E-state index is 0.997. The highest BCUT2D eigenvalue weighted by atomic mass is 15.0. The van der Waals surface area contributed by atoms with Crippen LogP contribution in [-0.4, -0.2) is 4.57 Å². The zero-order chi connectivity index (χ0) is 21.9. The number of hydrogen-bond donors (Lipinski definition) is 0. The summed E-state index contributed by atoms with van der Waals surface area (Å²) < 4.78 is 2.31. The number of hydrogen-bond acceptors (Lipinski definition) is 0. The van der Waals surface area contributed by atoms with E-state index in [1.165, 1.54) is 38.9 Å². The monoisotopic (exact) mass is 411 g/mol. The van der Waals surface area contributed by atoms with Gasteiger partial charge in [-0.25, -0.2) is 0 Å². The SMILES string of the molecule is C=C(/C=C(\c1ccccc1)c1c(-c2ccccc2)n(C)c2ccccc12)c1ccccc1. The number of allylic oxidation sites excluding steroid dienone is 2. The average molecular weight is 412 g/mol. The summed E-state index contributed by atoms with van der Waals surface area (Å²) in [7, 11) is 2.16. The standard InChI is InChI=1S/C31H25N/c1-23(24-14-6-3-7-15-24)22-28(25-16-8-4-9-17-25)30-27-20-12-13-21-29(27)32(2)31(30)26-18-10-5-11-19-26/h3-22H,1H2,2H3/b28-22+. The van der Waals surface area contributed by atoms with Crippen LogP contribution in [0.25, 0.3) is 33.3 Å². The highest BCUT2D eigenvalue weighted by Gasteiger charge is 2.20. The maximum Gasteiger partial charge on any atom is 0.0568 e. The second-order valence-corrected chi connectivity index (χ2v) is 7.98. The van der Waals surface area contributed by atoms with E-state index in [1.54, 1.807) is 0 Å². The van der Waals surface area contributed by atoms with Crippen LogP contribution in [0.1, 0.15) is 16.7 Å². The lowest BCUT2D eigenvalue weighted by Gasteiger charge is -2.14. The first-order valence-corrected chi connectivity index (χ1v) is 10.9. The van der Waals surface area contributed by atoms with Crippen LogP contribution in [0.3, 0.4) is 0 Å². The van der Waals surface area contributed by atoms with Crippen molar-refractivity contribution in [1.82, 2.24) is 4.57 Å². The molecular weight excluding hydrogens is 386 g/mol. The molecule has 1 heteroatoms. The molecule has 0 unspecified atom stereocenters. The van der Waals surface area contributed by atoms with Crippen molar-refractivity contribution in [3.8, 4) is 11.3 Å². The van der Waals surface area contributed by atoms with Gasteiger partial charge in [-0.1, -0.05) is 116 Å². The van der Waals surface area contributed by atoms with Crippen LogP contribution in [0.15, 0.2) is 128 Å². The molecule has 5 rings (SSSR count). The minimum atomic E-state index is 0.997. The van der Waals surface area contributed by atoms with E-state index in [1.807, 2.05) is 6.07 Å². The second-order valence-electron chi connectivity index (χ2n) is 7.98. The maximum absolute atomic E-state index is 4.42. The molecule has 1 nitrogen and oxygen atoms in total. The maximum atomic E-state index is 4.42. The van der Waals surface area contributed by atoms with Crippen molar-refractivity contribution in [3.63, 3.8) is 0 Å². The lowest BCUT2D eigenvalue weighted by molar-refractivity contribution is 0.976. The number of aryl methyl sites for hydroxylation is 1. The summed E-state index contributed by atoms with van der Waals surface area (Å²) in [6.07, 6.45) is 2.24. The third-order valence-corrected chi connectivity index (χ3v) is 5.97. The number of rotatable bonds is 5. The molecular formula is C31H25N. The highest BCUT2D eigenvalue weighted by Crippen LogP contribution is 2.41. The van der Waals surface area contributed by atoms with Crippen LogP contribution in [0.4, 0.5) is 0 Å². The van der Waals surface area contributed by atoms with Crippen molar-refractivity contribution in [1.29, 1.82) is 0 Å². The summed E-state index contributed by atoms with van der Waals surface area (Å²) in [5.74, 6) is 0. The molecule has 0 N–H and O–H groups in total. The molecule has 0 radical (unpaired) electrons. The van der Waals surface area contributed by atoms with Crippen molar-refractivity contribution in [3.05, 3.63) is 145 Å². The van der Waals surface area contributed by atoms with Gasteiger partial charge in [-0.2, -0.15) is 0 Å². The Kier molecular flexibility index (Phi) is 5.31. The number of benzene rings is 4. The van der Waals surface area contributed by atoms with Crippen molar-refractivity contribution in [2.45, 2.75) is 0 Å². The van der Waals surface area contributed by atoms with Crippen molar-refractivity contribution >= 4 is 22.0 Å². The molecule has 0 atom stereocenters. The van der Waals surface area contributed by atoms with E-state index in [4.69, 9.17) is 0 Å². The molecule has 5 aromatic rings. The van der Waals surface area contributed by atoms with Gasteiger partial charge in [0.2, 0.25) is 0 Å². The zero-order valence-corrected chi connectivity index (χ0v) is 18.2. The van der Waals surface area contributed by atoms with Crippen LogP contribution in [0, 0.1) is 0 Å². The van der Waals surface area contributed by atoms with Gasteiger partial charge in [0.1, 0.15) is 0 Å². The molecule has 1 aromatic heterocycles. The Labute approximate surface area is 189 Å². The largest absolute Gasteiger partial charge is 0.343 e. The fourth-order valence-corrected chi connectivity index (χ4v) is 4.43. The van der Waals surface area contributed by atoms with Gasteiger partial charge < -0.3 is 4.57 Å². The molecule has 32 heavy (non-hydrogen) atoms. The number of fused-ring (bicyclic) bond motifs is 1. The average Bonchev–Trinajstić information content (AvgIpc) is 3.16. The number of para-hydroxylation sites is 1. The van der Waals surface area contributed by atoms with E-state index in [9.17, 15) is 0 Å². The van der Waals surface area contributed by atoms with E-state index >= 15 is 0 Å². The van der Waals surface area contributed by atoms with Crippen LogP contribution < -0.4 is 0 Å². The van der Waals surface area contributed by atoms with Crippen LogP contribution in [-0.2, 0) is 7.05 Å². The first-order valence-electron chi connectivity index (χ1n) is 10.9. The zero-order valence-electron chi connectivity index (χ0n) is 18.2. The molecule has 0 saturated heterocycles. The van der Waals surface area contributed by atoms with E-state index < -0.39 is 0 Å². The van der Waals surface area contributed by atoms with Gasteiger partial charge >= 0.3 is 0 Å². The predicted molar refractivity (Wildman–Crippen MR) is 137 cm³/mol. The Hall–Kier alpha value is -4.10. The summed E-state index contributed by atoms with van der Waals surface area (Å²) in [6.45, 7) is 4.42. The van der Waals surface area contributed by atoms with Crippen LogP contribution in [0.2, 0.25) is 0 Å². The Morgan fingerprint density at radius 3 is 1.84 bits per heavy atom. The molecule has 1 heterocycles. The Morgan fingerprint density at radius 2 is 1.19 bits per heavy atom. The first kappa shape index (κ1) is 19.8. The summed E-state index contributed by atoms with van der Waals surface area (Å²) >= 11 is 0. The molecule has 0 saturated carbocycles. The predicted octanol–water partition coefficient (Wildman–Crippen LogP) is 7.99. The number of aromatic nitrogens is 1. The molecule has 0 bridgehead atoms. The first-order chi connectivity index (χ1) is 15.7. The fraction of sp³-hybridized carbons (Fsp3) is 0.0323. The lowest BCUT2D eigenvalue weighted by atomic mass is 9.90. The molecule has 0 spiro atoms. The molecule has 0 aliphatic heterocycles. The lowest BCUT2D eigenvalue weighted by Crippen LogP contribution is -1.96. The smallest absolute Gasteiger partial charge is 0.0568 e. The van der Waals surface area contributed by atoms with E-state index in [2.05, 4.69) is 133 Å². The fourth-order valence-electron chi connectivity index (χ4n) is 4.43. The van der Waals surface area contributed by atoms with Crippen LogP contribution in [0.5, 0.6) is 0 Å². The molecule has 4 aromatic carbocycles. The normalized spacial score (nSPS) is 11.6. The summed E-state index contributed by atoms with van der Waals surface area (Å²) in [5, 5.41) is 1.24. The van der Waals surface area contributed by atoms with Crippen LogP contribution >= 0.6 is 0 Å². The van der Waals surface area contributed by atoms with E-state index in [0.29, 0.717) is 0 Å².